The molecule has 126 valence electrons. The lowest BCUT2D eigenvalue weighted by molar-refractivity contribution is 0.0953. The molecule has 0 radical (unpaired) electrons. The molecule has 24 heavy (non-hydrogen) atoms. The Morgan fingerprint density at radius 3 is 2.38 bits per heavy atom. The van der Waals surface area contributed by atoms with Crippen LogP contribution in [0, 0.1) is 18.8 Å². The second-order valence-electron chi connectivity index (χ2n) is 6.77. The summed E-state index contributed by atoms with van der Waals surface area (Å²) in [6.07, 6.45) is 3.89. The Kier molecular flexibility index (Phi) is 5.62. The maximum Gasteiger partial charge on any atom is 0.163 e. The third kappa shape index (κ3) is 4.21. The van der Waals surface area contributed by atoms with E-state index in [0.29, 0.717) is 24.0 Å². The summed E-state index contributed by atoms with van der Waals surface area (Å²) in [5.41, 5.74) is 1.98. The molecular weight excluding hydrogens is 316 g/mol. The van der Waals surface area contributed by atoms with Gasteiger partial charge in [0.2, 0.25) is 0 Å². The Morgan fingerprint density at radius 1 is 1.00 bits per heavy atom. The molecule has 2 aromatic carbocycles. The number of aryl methyl sites for hydroxylation is 1. The van der Waals surface area contributed by atoms with E-state index in [1.54, 1.807) is 0 Å². The van der Waals surface area contributed by atoms with Crippen molar-refractivity contribution < 1.29 is 9.00 Å². The number of ketones is 1. The molecule has 0 bridgehead atoms. The van der Waals surface area contributed by atoms with Crippen molar-refractivity contribution in [1.82, 2.24) is 0 Å². The summed E-state index contributed by atoms with van der Waals surface area (Å²) < 4.78 is 12.6. The SMILES string of the molecule is Cc1ccc(S(=O)C[C@H]2CCC[C@H]2CC(=O)c2ccccc2)cc1. The molecule has 2 nitrogen and oxygen atoms in total. The molecule has 3 rings (SSSR count). The highest BCUT2D eigenvalue weighted by atomic mass is 32.2. The minimum atomic E-state index is -0.973. The van der Waals surface area contributed by atoms with E-state index in [1.807, 2.05) is 61.5 Å². The van der Waals surface area contributed by atoms with Crippen molar-refractivity contribution in [3.05, 3.63) is 65.7 Å². The number of rotatable bonds is 6. The molecule has 0 saturated heterocycles. The van der Waals surface area contributed by atoms with Gasteiger partial charge >= 0.3 is 0 Å². The van der Waals surface area contributed by atoms with E-state index >= 15 is 0 Å². The fraction of sp³-hybridized carbons (Fsp3) is 0.381. The van der Waals surface area contributed by atoms with Gasteiger partial charge in [0.05, 0.1) is 10.8 Å². The quantitative estimate of drug-likeness (QED) is 0.708. The second-order valence-corrected chi connectivity index (χ2v) is 8.27. The summed E-state index contributed by atoms with van der Waals surface area (Å²) in [5.74, 6) is 1.65. The number of hydrogen-bond donors (Lipinski definition) is 0. The fourth-order valence-electron chi connectivity index (χ4n) is 3.56. The molecule has 0 aliphatic heterocycles. The van der Waals surface area contributed by atoms with E-state index < -0.39 is 10.8 Å². The zero-order valence-electron chi connectivity index (χ0n) is 14.1. The first kappa shape index (κ1) is 17.1. The van der Waals surface area contributed by atoms with Crippen molar-refractivity contribution in [3.63, 3.8) is 0 Å². The minimum absolute atomic E-state index is 0.216. The molecule has 1 unspecified atom stereocenters. The lowest BCUT2D eigenvalue weighted by Gasteiger charge is -2.18. The number of carbonyl (C=O) groups is 1. The standard InChI is InChI=1S/C21H24O2S/c1-16-10-12-20(13-11-16)24(23)15-19-9-5-8-18(19)14-21(22)17-6-3-2-4-7-17/h2-4,6-7,10-13,18-19H,5,8-9,14-15H2,1H3/t18-,19+,24?/m0/s1. The Hall–Kier alpha value is -1.74. The Morgan fingerprint density at radius 2 is 1.67 bits per heavy atom. The molecule has 1 saturated carbocycles. The van der Waals surface area contributed by atoms with Gasteiger partial charge in [0.1, 0.15) is 0 Å². The second kappa shape index (κ2) is 7.89. The molecule has 0 heterocycles. The van der Waals surface area contributed by atoms with Crippen LogP contribution < -0.4 is 0 Å². The van der Waals surface area contributed by atoms with Crippen LogP contribution in [-0.2, 0) is 10.8 Å². The molecule has 0 amide bonds. The predicted molar refractivity (Wildman–Crippen MR) is 98.7 cm³/mol. The maximum absolute atomic E-state index is 12.6. The van der Waals surface area contributed by atoms with Crippen LogP contribution >= 0.6 is 0 Å². The number of carbonyl (C=O) groups excluding carboxylic acids is 1. The van der Waals surface area contributed by atoms with Crippen molar-refractivity contribution in [2.24, 2.45) is 11.8 Å². The van der Waals surface area contributed by atoms with Gasteiger partial charge in [0.25, 0.3) is 0 Å². The molecule has 0 aromatic heterocycles. The Balaban J connectivity index is 1.62. The monoisotopic (exact) mass is 340 g/mol. The molecule has 0 N–H and O–H groups in total. The summed E-state index contributed by atoms with van der Waals surface area (Å²) in [7, 11) is -0.973. The van der Waals surface area contributed by atoms with Crippen molar-refractivity contribution in [3.8, 4) is 0 Å². The van der Waals surface area contributed by atoms with E-state index in [9.17, 15) is 9.00 Å². The minimum Gasteiger partial charge on any atom is -0.294 e. The van der Waals surface area contributed by atoms with Crippen LogP contribution in [0.25, 0.3) is 0 Å². The van der Waals surface area contributed by atoms with Gasteiger partial charge < -0.3 is 0 Å². The fourth-order valence-corrected chi connectivity index (χ4v) is 5.02. The van der Waals surface area contributed by atoms with E-state index in [-0.39, 0.29) is 5.78 Å². The van der Waals surface area contributed by atoms with Crippen LogP contribution in [0.4, 0.5) is 0 Å². The predicted octanol–water partition coefficient (Wildman–Crippen LogP) is 4.79. The lowest BCUT2D eigenvalue weighted by atomic mass is 9.90. The van der Waals surface area contributed by atoms with E-state index in [1.165, 1.54) is 5.56 Å². The normalized spacial score (nSPS) is 21.5. The van der Waals surface area contributed by atoms with Crippen LogP contribution in [0.15, 0.2) is 59.5 Å². The molecule has 1 aliphatic carbocycles. The van der Waals surface area contributed by atoms with Gasteiger partial charge in [-0.15, -0.1) is 0 Å². The highest BCUT2D eigenvalue weighted by Crippen LogP contribution is 2.36. The molecule has 3 heteroatoms. The summed E-state index contributed by atoms with van der Waals surface area (Å²) in [5, 5.41) is 0. The van der Waals surface area contributed by atoms with Gasteiger partial charge in [-0.05, 0) is 43.7 Å². The van der Waals surface area contributed by atoms with Crippen molar-refractivity contribution in [1.29, 1.82) is 0 Å². The van der Waals surface area contributed by atoms with Gasteiger partial charge in [0, 0.05) is 22.6 Å². The molecule has 1 fully saturated rings. The molecular formula is C21H24O2S. The third-order valence-corrected chi connectivity index (χ3v) is 6.54. The summed E-state index contributed by atoms with van der Waals surface area (Å²) in [4.78, 5) is 13.4. The maximum atomic E-state index is 12.6. The molecule has 3 atom stereocenters. The Labute approximate surface area is 146 Å². The van der Waals surface area contributed by atoms with Gasteiger partial charge in [0.15, 0.2) is 5.78 Å². The average molecular weight is 340 g/mol. The van der Waals surface area contributed by atoms with Crippen molar-refractivity contribution in [2.45, 2.75) is 37.5 Å². The number of hydrogen-bond acceptors (Lipinski definition) is 2. The topological polar surface area (TPSA) is 34.1 Å². The molecule has 2 aromatic rings. The smallest absolute Gasteiger partial charge is 0.163 e. The van der Waals surface area contributed by atoms with Crippen LogP contribution in [0.5, 0.6) is 0 Å². The van der Waals surface area contributed by atoms with E-state index in [0.717, 1.165) is 29.7 Å². The van der Waals surface area contributed by atoms with Crippen LogP contribution in [-0.4, -0.2) is 15.7 Å². The van der Waals surface area contributed by atoms with Crippen LogP contribution in [0.2, 0.25) is 0 Å². The zero-order chi connectivity index (χ0) is 16.9. The van der Waals surface area contributed by atoms with Crippen molar-refractivity contribution >= 4 is 16.6 Å². The number of benzene rings is 2. The lowest BCUT2D eigenvalue weighted by Crippen LogP contribution is -2.19. The summed E-state index contributed by atoms with van der Waals surface area (Å²) in [6, 6.07) is 17.5. The van der Waals surface area contributed by atoms with E-state index in [2.05, 4.69) is 0 Å². The highest BCUT2D eigenvalue weighted by Gasteiger charge is 2.30. The first-order valence-corrected chi connectivity index (χ1v) is 9.98. The first-order valence-electron chi connectivity index (χ1n) is 8.67. The first-order chi connectivity index (χ1) is 11.6. The van der Waals surface area contributed by atoms with Crippen molar-refractivity contribution in [2.75, 3.05) is 5.75 Å². The Bertz CT molecular complexity index is 706. The number of Topliss-reactive ketones (excluding diaryl/α,β-unsaturated/α-hetero) is 1. The summed E-state index contributed by atoms with van der Waals surface area (Å²) >= 11 is 0. The summed E-state index contributed by atoms with van der Waals surface area (Å²) in [6.45, 7) is 2.04. The van der Waals surface area contributed by atoms with E-state index in [4.69, 9.17) is 0 Å². The largest absolute Gasteiger partial charge is 0.294 e. The molecule has 1 aliphatic rings. The highest BCUT2D eigenvalue weighted by molar-refractivity contribution is 7.85. The average Bonchev–Trinajstić information content (AvgIpc) is 3.03. The van der Waals surface area contributed by atoms with Crippen LogP contribution in [0.3, 0.4) is 0 Å². The molecule has 0 spiro atoms. The van der Waals surface area contributed by atoms with Gasteiger partial charge in [-0.1, -0.05) is 54.4 Å². The van der Waals surface area contributed by atoms with Gasteiger partial charge in [-0.2, -0.15) is 0 Å². The van der Waals surface area contributed by atoms with Gasteiger partial charge in [-0.3, -0.25) is 9.00 Å². The third-order valence-electron chi connectivity index (χ3n) is 5.01. The van der Waals surface area contributed by atoms with Crippen LogP contribution in [0.1, 0.15) is 41.6 Å². The zero-order valence-corrected chi connectivity index (χ0v) is 14.9. The van der Waals surface area contributed by atoms with Gasteiger partial charge in [-0.25, -0.2) is 0 Å².